The molecule has 0 aliphatic heterocycles. The van der Waals surface area contributed by atoms with Gasteiger partial charge in [-0.05, 0) is 45.0 Å². The normalized spacial score (nSPS) is 12.6. The number of hydrogen-bond donors (Lipinski definition) is 2. The van der Waals surface area contributed by atoms with Gasteiger partial charge in [0.1, 0.15) is 6.04 Å². The summed E-state index contributed by atoms with van der Waals surface area (Å²) in [5, 5.41) is 10.3. The van der Waals surface area contributed by atoms with Crippen LogP contribution in [0.1, 0.15) is 45.1 Å². The van der Waals surface area contributed by atoms with Crippen molar-refractivity contribution in [2.75, 3.05) is 10.6 Å². The van der Waals surface area contributed by atoms with Gasteiger partial charge in [0.25, 0.3) is 0 Å². The molecule has 1 atom stereocenters. The Morgan fingerprint density at radius 3 is 2.31 bits per heavy atom. The summed E-state index contributed by atoms with van der Waals surface area (Å²) in [7, 11) is 0. The van der Waals surface area contributed by atoms with Crippen LogP contribution in [0.3, 0.4) is 0 Å². The Kier molecular flexibility index (Phi) is 5.76. The average Bonchev–Trinajstić information content (AvgIpc) is 2.86. The fourth-order valence-corrected chi connectivity index (χ4v) is 2.63. The predicted molar refractivity (Wildman–Crippen MR) is 105 cm³/mol. The molecule has 2 aromatic rings. The van der Waals surface area contributed by atoms with Crippen molar-refractivity contribution in [2.24, 2.45) is 5.41 Å². The van der Waals surface area contributed by atoms with E-state index in [0.717, 1.165) is 11.4 Å². The maximum absolute atomic E-state index is 12.5. The summed E-state index contributed by atoms with van der Waals surface area (Å²) in [4.78, 5) is 24.6. The molecular formula is C19H25ClN4O2. The lowest BCUT2D eigenvalue weighted by atomic mass is 9.95. The topological polar surface area (TPSA) is 76.0 Å². The summed E-state index contributed by atoms with van der Waals surface area (Å²) in [5.41, 5.74) is 2.34. The van der Waals surface area contributed by atoms with Gasteiger partial charge in [-0.25, -0.2) is 0 Å². The van der Waals surface area contributed by atoms with Crippen LogP contribution in [0.4, 0.5) is 11.4 Å². The molecule has 1 heterocycles. The van der Waals surface area contributed by atoms with E-state index in [1.54, 1.807) is 29.8 Å². The molecule has 2 amide bonds. The summed E-state index contributed by atoms with van der Waals surface area (Å²) in [6, 6.07) is 6.45. The van der Waals surface area contributed by atoms with E-state index in [9.17, 15) is 9.59 Å². The van der Waals surface area contributed by atoms with E-state index in [1.807, 2.05) is 40.7 Å². The van der Waals surface area contributed by atoms with Gasteiger partial charge in [0.2, 0.25) is 11.8 Å². The van der Waals surface area contributed by atoms with Gasteiger partial charge in [0.15, 0.2) is 0 Å². The second kappa shape index (κ2) is 7.50. The molecule has 0 radical (unpaired) electrons. The first-order valence-electron chi connectivity index (χ1n) is 8.43. The molecule has 2 rings (SSSR count). The van der Waals surface area contributed by atoms with Crippen LogP contribution in [-0.2, 0) is 9.59 Å². The van der Waals surface area contributed by atoms with E-state index in [1.165, 1.54) is 0 Å². The quantitative estimate of drug-likeness (QED) is 0.833. The molecule has 7 heteroatoms. The number of rotatable bonds is 4. The molecule has 0 fully saturated rings. The van der Waals surface area contributed by atoms with Gasteiger partial charge in [0, 0.05) is 16.8 Å². The molecule has 0 bridgehead atoms. The number of aromatic nitrogens is 2. The molecule has 0 aliphatic carbocycles. The van der Waals surface area contributed by atoms with Crippen LogP contribution in [0.5, 0.6) is 0 Å². The monoisotopic (exact) mass is 376 g/mol. The molecule has 140 valence electrons. The van der Waals surface area contributed by atoms with Crippen LogP contribution in [-0.4, -0.2) is 21.6 Å². The fraction of sp³-hybridized carbons (Fsp3) is 0.421. The molecule has 0 saturated carbocycles. The Bertz CT molecular complexity index is 837. The summed E-state index contributed by atoms with van der Waals surface area (Å²) >= 11 is 6.27. The number of hydrogen-bond acceptors (Lipinski definition) is 3. The van der Waals surface area contributed by atoms with Crippen molar-refractivity contribution >= 4 is 34.8 Å². The summed E-state index contributed by atoms with van der Waals surface area (Å²) in [6.45, 7) is 11.1. The minimum Gasteiger partial charge on any atom is -0.326 e. The van der Waals surface area contributed by atoms with E-state index < -0.39 is 11.5 Å². The third-order valence-electron chi connectivity index (χ3n) is 3.96. The number of amides is 2. The molecule has 1 aromatic heterocycles. The number of carbonyl (C=O) groups excluding carboxylic acids is 2. The van der Waals surface area contributed by atoms with Crippen LogP contribution in [0.2, 0.25) is 5.02 Å². The third kappa shape index (κ3) is 4.64. The zero-order valence-electron chi connectivity index (χ0n) is 16.0. The summed E-state index contributed by atoms with van der Waals surface area (Å²) in [5.74, 6) is -0.326. The highest BCUT2D eigenvalue weighted by molar-refractivity contribution is 6.34. The van der Waals surface area contributed by atoms with Gasteiger partial charge in [-0.2, -0.15) is 5.10 Å². The maximum atomic E-state index is 12.5. The lowest BCUT2D eigenvalue weighted by molar-refractivity contribution is -0.123. The van der Waals surface area contributed by atoms with Gasteiger partial charge in [-0.15, -0.1) is 0 Å². The fourth-order valence-electron chi connectivity index (χ4n) is 2.40. The first-order valence-corrected chi connectivity index (χ1v) is 8.81. The molecule has 0 aliphatic rings. The summed E-state index contributed by atoms with van der Waals surface area (Å²) in [6.07, 6.45) is 0. The minimum absolute atomic E-state index is 0.108. The summed E-state index contributed by atoms with van der Waals surface area (Å²) < 4.78 is 1.68. The van der Waals surface area contributed by atoms with E-state index in [0.29, 0.717) is 16.4 Å². The lowest BCUT2D eigenvalue weighted by Crippen LogP contribution is -2.27. The van der Waals surface area contributed by atoms with E-state index in [2.05, 4.69) is 15.7 Å². The van der Waals surface area contributed by atoms with Crippen molar-refractivity contribution in [1.29, 1.82) is 0 Å². The molecule has 0 unspecified atom stereocenters. The van der Waals surface area contributed by atoms with Crippen molar-refractivity contribution in [3.05, 3.63) is 40.7 Å². The largest absolute Gasteiger partial charge is 0.326 e. The van der Waals surface area contributed by atoms with Gasteiger partial charge in [-0.3, -0.25) is 14.3 Å². The van der Waals surface area contributed by atoms with Crippen molar-refractivity contribution in [3.8, 4) is 0 Å². The molecule has 26 heavy (non-hydrogen) atoms. The van der Waals surface area contributed by atoms with Crippen LogP contribution >= 0.6 is 11.6 Å². The Morgan fingerprint density at radius 2 is 1.81 bits per heavy atom. The third-order valence-corrected chi connectivity index (χ3v) is 4.27. The zero-order chi connectivity index (χ0) is 19.6. The van der Waals surface area contributed by atoms with E-state index >= 15 is 0 Å². The molecule has 6 nitrogen and oxygen atoms in total. The van der Waals surface area contributed by atoms with Crippen LogP contribution in [0.25, 0.3) is 0 Å². The minimum atomic E-state index is -0.505. The van der Waals surface area contributed by atoms with Gasteiger partial charge in [0.05, 0.1) is 16.4 Å². The number of nitrogens with zero attached hydrogens (tertiary/aromatic N) is 2. The zero-order valence-corrected chi connectivity index (χ0v) is 16.7. The highest BCUT2D eigenvalue weighted by Crippen LogP contribution is 2.27. The molecule has 0 spiro atoms. The highest BCUT2D eigenvalue weighted by Gasteiger charge is 2.22. The van der Waals surface area contributed by atoms with Crippen LogP contribution < -0.4 is 10.6 Å². The Balaban J connectivity index is 2.11. The molecular weight excluding hydrogens is 352 g/mol. The van der Waals surface area contributed by atoms with Gasteiger partial charge in [-0.1, -0.05) is 32.4 Å². The number of halogens is 1. The first-order chi connectivity index (χ1) is 12.0. The SMILES string of the molecule is Cc1cc(C)n([C@H](C)C(=O)Nc2ccc(NC(=O)C(C)(C)C)cc2Cl)n1. The highest BCUT2D eigenvalue weighted by atomic mass is 35.5. The van der Waals surface area contributed by atoms with Crippen molar-refractivity contribution < 1.29 is 9.59 Å². The molecule has 2 N–H and O–H groups in total. The number of benzene rings is 1. The molecule has 0 saturated heterocycles. The Labute approximate surface area is 158 Å². The smallest absolute Gasteiger partial charge is 0.248 e. The van der Waals surface area contributed by atoms with E-state index in [4.69, 9.17) is 11.6 Å². The number of nitrogens with one attached hydrogen (secondary N) is 2. The Hall–Kier alpha value is -2.34. The number of aryl methyl sites for hydroxylation is 2. The second-order valence-corrected chi connectivity index (χ2v) is 7.84. The lowest BCUT2D eigenvalue weighted by Gasteiger charge is -2.18. The van der Waals surface area contributed by atoms with Crippen molar-refractivity contribution in [2.45, 2.75) is 47.6 Å². The number of carbonyl (C=O) groups is 2. The van der Waals surface area contributed by atoms with Crippen LogP contribution in [0.15, 0.2) is 24.3 Å². The number of anilines is 2. The Morgan fingerprint density at radius 1 is 1.15 bits per heavy atom. The molecule has 1 aromatic carbocycles. The van der Waals surface area contributed by atoms with Crippen LogP contribution in [0, 0.1) is 19.3 Å². The second-order valence-electron chi connectivity index (χ2n) is 7.44. The van der Waals surface area contributed by atoms with Crippen molar-refractivity contribution in [1.82, 2.24) is 9.78 Å². The van der Waals surface area contributed by atoms with E-state index in [-0.39, 0.29) is 11.8 Å². The standard InChI is InChI=1S/C19H25ClN4O2/c1-11-9-12(2)24(23-11)13(3)17(25)22-16-8-7-14(10-15(16)20)21-18(26)19(4,5)6/h7-10,13H,1-6H3,(H,21,26)(H,22,25)/t13-/m1/s1. The maximum Gasteiger partial charge on any atom is 0.248 e. The first kappa shape index (κ1) is 20.0. The predicted octanol–water partition coefficient (Wildman–Crippen LogP) is 4.34. The van der Waals surface area contributed by atoms with Gasteiger partial charge >= 0.3 is 0 Å². The van der Waals surface area contributed by atoms with Gasteiger partial charge < -0.3 is 10.6 Å². The average molecular weight is 377 g/mol. The van der Waals surface area contributed by atoms with Crippen molar-refractivity contribution in [3.63, 3.8) is 0 Å².